The molecule has 66 valence electrons. The SMILES string of the molecule is CCP(=S)(CC)SCC(C)=O. The van der Waals surface area contributed by atoms with Gasteiger partial charge in [-0.2, -0.15) is 0 Å². The summed E-state index contributed by atoms with van der Waals surface area (Å²) in [5.41, 5.74) is 0. The molecule has 1 nitrogen and oxygen atoms in total. The Kier molecular flexibility index (Phi) is 5.66. The van der Waals surface area contributed by atoms with Gasteiger partial charge in [-0.1, -0.05) is 25.7 Å². The molecule has 0 amide bonds. The average Bonchev–Trinajstić information content (AvgIpc) is 2.00. The van der Waals surface area contributed by atoms with Gasteiger partial charge in [0.2, 0.25) is 0 Å². The molecule has 0 N–H and O–H groups in total. The van der Waals surface area contributed by atoms with Crippen LogP contribution in [-0.2, 0) is 16.6 Å². The van der Waals surface area contributed by atoms with Crippen LogP contribution in [-0.4, -0.2) is 23.9 Å². The lowest BCUT2D eigenvalue weighted by molar-refractivity contribution is -0.114. The van der Waals surface area contributed by atoms with Crippen molar-refractivity contribution in [2.24, 2.45) is 0 Å². The summed E-state index contributed by atoms with van der Waals surface area (Å²) in [4.78, 5) is 10.7. The minimum atomic E-state index is -1.21. The van der Waals surface area contributed by atoms with Crippen molar-refractivity contribution < 1.29 is 4.79 Å². The van der Waals surface area contributed by atoms with Gasteiger partial charge in [-0.05, 0) is 19.2 Å². The smallest absolute Gasteiger partial charge is 0.140 e. The van der Waals surface area contributed by atoms with Gasteiger partial charge in [0.05, 0.1) is 5.75 Å². The second kappa shape index (κ2) is 5.34. The van der Waals surface area contributed by atoms with E-state index in [-0.39, 0.29) is 5.78 Å². The van der Waals surface area contributed by atoms with Gasteiger partial charge < -0.3 is 0 Å². The van der Waals surface area contributed by atoms with Crippen molar-refractivity contribution in [3.63, 3.8) is 0 Å². The van der Waals surface area contributed by atoms with E-state index in [4.69, 9.17) is 11.8 Å². The lowest BCUT2D eigenvalue weighted by Crippen LogP contribution is -1.94. The van der Waals surface area contributed by atoms with Crippen LogP contribution in [0.25, 0.3) is 0 Å². The van der Waals surface area contributed by atoms with Crippen LogP contribution in [0.3, 0.4) is 0 Å². The standard InChI is InChI=1S/C7H15OPS2/c1-4-9(10,5-2)11-6-7(3)8/h4-6H2,1-3H3. The summed E-state index contributed by atoms with van der Waals surface area (Å²) in [6, 6.07) is 0. The topological polar surface area (TPSA) is 17.1 Å². The number of ketones is 1. The number of Topliss-reactive ketones (excluding diaryl/α,β-unsaturated/α-hetero) is 1. The van der Waals surface area contributed by atoms with Gasteiger partial charge in [0.1, 0.15) is 5.78 Å². The van der Waals surface area contributed by atoms with Gasteiger partial charge >= 0.3 is 0 Å². The molecule has 0 saturated carbocycles. The number of hydrogen-bond acceptors (Lipinski definition) is 3. The summed E-state index contributed by atoms with van der Waals surface area (Å²) in [5.74, 6) is 0.852. The normalized spacial score (nSPS) is 11.5. The number of rotatable bonds is 5. The molecule has 0 aromatic carbocycles. The van der Waals surface area contributed by atoms with E-state index < -0.39 is 5.24 Å². The molecule has 0 aromatic heterocycles. The maximum absolute atomic E-state index is 10.7. The predicted octanol–water partition coefficient (Wildman–Crippen LogP) is 2.74. The van der Waals surface area contributed by atoms with Crippen LogP contribution in [0.5, 0.6) is 0 Å². The third-order valence-corrected chi connectivity index (χ3v) is 10.2. The third-order valence-electron chi connectivity index (χ3n) is 1.47. The summed E-state index contributed by atoms with van der Waals surface area (Å²) < 4.78 is 0. The maximum Gasteiger partial charge on any atom is 0.140 e. The lowest BCUT2D eigenvalue weighted by atomic mass is 10.5. The Balaban J connectivity index is 3.89. The first-order valence-corrected chi connectivity index (χ1v) is 8.52. The van der Waals surface area contributed by atoms with Crippen LogP contribution >= 0.6 is 16.6 Å². The largest absolute Gasteiger partial charge is 0.299 e. The minimum absolute atomic E-state index is 0.242. The van der Waals surface area contributed by atoms with E-state index in [1.165, 1.54) is 0 Å². The summed E-state index contributed by atoms with van der Waals surface area (Å²) in [5, 5.41) is -1.21. The van der Waals surface area contributed by atoms with E-state index in [0.29, 0.717) is 5.75 Å². The average molecular weight is 210 g/mol. The van der Waals surface area contributed by atoms with E-state index in [1.54, 1.807) is 18.3 Å². The highest BCUT2D eigenvalue weighted by Gasteiger charge is 2.12. The second-order valence-corrected chi connectivity index (χ2v) is 11.5. The zero-order chi connectivity index (χ0) is 8.91. The summed E-state index contributed by atoms with van der Waals surface area (Å²) in [6.45, 7) is 5.87. The zero-order valence-electron chi connectivity index (χ0n) is 7.29. The fraction of sp³-hybridized carbons (Fsp3) is 0.857. The molecule has 0 bridgehead atoms. The Labute approximate surface area is 78.1 Å². The molecule has 0 rings (SSSR count). The first-order chi connectivity index (χ1) is 5.04. The monoisotopic (exact) mass is 210 g/mol. The lowest BCUT2D eigenvalue weighted by Gasteiger charge is -2.15. The van der Waals surface area contributed by atoms with Gasteiger partial charge in [0.15, 0.2) is 0 Å². The summed E-state index contributed by atoms with van der Waals surface area (Å²) >= 11 is 7.15. The molecule has 0 heterocycles. The first-order valence-electron chi connectivity index (χ1n) is 3.76. The van der Waals surface area contributed by atoms with Gasteiger partial charge in [-0.25, -0.2) is 0 Å². The van der Waals surface area contributed by atoms with Crippen molar-refractivity contribution >= 4 is 34.2 Å². The number of carbonyl (C=O) groups is 1. The van der Waals surface area contributed by atoms with Crippen LogP contribution in [0.4, 0.5) is 0 Å². The molecule has 0 aromatic rings. The van der Waals surface area contributed by atoms with Crippen LogP contribution < -0.4 is 0 Å². The van der Waals surface area contributed by atoms with Crippen LogP contribution in [0.1, 0.15) is 20.8 Å². The van der Waals surface area contributed by atoms with Crippen LogP contribution in [0, 0.1) is 0 Å². The van der Waals surface area contributed by atoms with Crippen molar-refractivity contribution in [3.05, 3.63) is 0 Å². The van der Waals surface area contributed by atoms with E-state index in [0.717, 1.165) is 12.3 Å². The van der Waals surface area contributed by atoms with Gasteiger partial charge in [-0.15, -0.1) is 11.4 Å². The molecule has 0 fully saturated rings. The second-order valence-electron chi connectivity index (χ2n) is 2.42. The highest BCUT2D eigenvalue weighted by Crippen LogP contribution is 2.57. The van der Waals surface area contributed by atoms with Crippen LogP contribution in [0.15, 0.2) is 0 Å². The molecule has 0 unspecified atom stereocenters. The molecule has 0 aliphatic heterocycles. The molecular formula is C7H15OPS2. The van der Waals surface area contributed by atoms with Crippen LogP contribution in [0.2, 0.25) is 0 Å². The maximum atomic E-state index is 10.7. The summed E-state index contributed by atoms with van der Waals surface area (Å²) in [6.07, 6.45) is 2.13. The highest BCUT2D eigenvalue weighted by molar-refractivity contribution is 8.71. The van der Waals surface area contributed by atoms with E-state index in [9.17, 15) is 4.79 Å². The highest BCUT2D eigenvalue weighted by atomic mass is 32.9. The van der Waals surface area contributed by atoms with E-state index in [2.05, 4.69) is 13.8 Å². The molecule has 4 heteroatoms. The fourth-order valence-electron chi connectivity index (χ4n) is 0.615. The molecule has 0 atom stereocenters. The molecular weight excluding hydrogens is 195 g/mol. The van der Waals surface area contributed by atoms with E-state index in [1.807, 2.05) is 0 Å². The molecule has 0 aliphatic carbocycles. The first kappa shape index (κ1) is 11.7. The Morgan fingerprint density at radius 3 is 2.18 bits per heavy atom. The zero-order valence-corrected chi connectivity index (χ0v) is 9.82. The Hall–Kier alpha value is 0.670. The quantitative estimate of drug-likeness (QED) is 0.649. The Morgan fingerprint density at radius 1 is 1.45 bits per heavy atom. The Morgan fingerprint density at radius 2 is 1.91 bits per heavy atom. The van der Waals surface area contributed by atoms with Gasteiger partial charge in [0.25, 0.3) is 0 Å². The van der Waals surface area contributed by atoms with Crippen molar-refractivity contribution in [2.45, 2.75) is 20.8 Å². The van der Waals surface area contributed by atoms with Gasteiger partial charge in [0, 0.05) is 5.24 Å². The third kappa shape index (κ3) is 5.00. The van der Waals surface area contributed by atoms with Crippen molar-refractivity contribution in [1.29, 1.82) is 0 Å². The molecule has 0 spiro atoms. The number of carbonyl (C=O) groups excluding carboxylic acids is 1. The Bertz CT molecular complexity index is 171. The van der Waals surface area contributed by atoms with E-state index >= 15 is 0 Å². The molecule has 0 saturated heterocycles. The van der Waals surface area contributed by atoms with Crippen molar-refractivity contribution in [2.75, 3.05) is 18.1 Å². The molecule has 11 heavy (non-hydrogen) atoms. The number of hydrogen-bond donors (Lipinski definition) is 0. The fourth-order valence-corrected chi connectivity index (χ4v) is 4.67. The van der Waals surface area contributed by atoms with Gasteiger partial charge in [-0.3, -0.25) is 4.79 Å². The van der Waals surface area contributed by atoms with Crippen molar-refractivity contribution in [3.8, 4) is 0 Å². The molecule has 0 radical (unpaired) electrons. The summed E-state index contributed by atoms with van der Waals surface area (Å²) in [7, 11) is 0. The molecule has 0 aliphatic rings. The minimum Gasteiger partial charge on any atom is -0.299 e. The predicted molar refractivity (Wildman–Crippen MR) is 58.5 cm³/mol. The van der Waals surface area contributed by atoms with Crippen molar-refractivity contribution in [1.82, 2.24) is 0 Å².